The number of aryl methyl sites for hydroxylation is 1. The van der Waals surface area contributed by atoms with E-state index >= 15 is 0 Å². The zero-order valence-corrected chi connectivity index (χ0v) is 17.0. The molecule has 1 atom stereocenters. The summed E-state index contributed by atoms with van der Waals surface area (Å²) in [6.45, 7) is 4.56. The summed E-state index contributed by atoms with van der Waals surface area (Å²) in [6.07, 6.45) is -0.158. The van der Waals surface area contributed by atoms with Gasteiger partial charge in [-0.2, -0.15) is 0 Å². The lowest BCUT2D eigenvalue weighted by Crippen LogP contribution is -2.33. The molecule has 0 radical (unpaired) electrons. The first kappa shape index (κ1) is 19.3. The molecular formula is C22H21NO5S. The summed E-state index contributed by atoms with van der Waals surface area (Å²) in [7, 11) is 0. The molecule has 0 N–H and O–H groups in total. The molecule has 0 saturated heterocycles. The number of carbonyl (C=O) groups is 2. The molecule has 0 saturated carbocycles. The van der Waals surface area contributed by atoms with Crippen molar-refractivity contribution >= 4 is 23.1 Å². The van der Waals surface area contributed by atoms with Crippen molar-refractivity contribution in [3.8, 4) is 11.5 Å². The van der Waals surface area contributed by atoms with Crippen LogP contribution in [0.4, 0.5) is 0 Å². The number of fused-ring (bicyclic) bond motifs is 1. The highest BCUT2D eigenvalue weighted by atomic mass is 32.1. The molecule has 0 bridgehead atoms. The van der Waals surface area contributed by atoms with Crippen LogP contribution in [0.25, 0.3) is 0 Å². The van der Waals surface area contributed by atoms with Crippen LogP contribution in [0.15, 0.2) is 47.8 Å². The first-order valence-corrected chi connectivity index (χ1v) is 10.2. The van der Waals surface area contributed by atoms with Gasteiger partial charge in [-0.3, -0.25) is 4.79 Å². The Balaban J connectivity index is 1.42. The number of hydrogen-bond donors (Lipinski definition) is 0. The number of benzene rings is 1. The number of para-hydroxylation sites is 2. The van der Waals surface area contributed by atoms with Gasteiger partial charge in [-0.25, -0.2) is 4.79 Å². The summed E-state index contributed by atoms with van der Waals surface area (Å²) in [5, 5.41) is 1.79. The minimum absolute atomic E-state index is 0.158. The van der Waals surface area contributed by atoms with Crippen molar-refractivity contribution in [1.82, 2.24) is 4.57 Å². The van der Waals surface area contributed by atoms with E-state index in [2.05, 4.69) is 0 Å². The molecule has 4 rings (SSSR count). The fraction of sp³-hybridized carbons (Fsp3) is 0.273. The van der Waals surface area contributed by atoms with Crippen LogP contribution in [0.2, 0.25) is 0 Å². The van der Waals surface area contributed by atoms with Crippen LogP contribution in [-0.2, 0) is 11.3 Å². The second-order valence-corrected chi connectivity index (χ2v) is 7.82. The molecular weight excluding hydrogens is 390 g/mol. The Bertz CT molecular complexity index is 1040. The van der Waals surface area contributed by atoms with Crippen molar-refractivity contribution in [3.05, 3.63) is 69.7 Å². The van der Waals surface area contributed by atoms with E-state index in [0.717, 1.165) is 22.9 Å². The highest BCUT2D eigenvalue weighted by Crippen LogP contribution is 2.31. The van der Waals surface area contributed by atoms with Gasteiger partial charge < -0.3 is 18.8 Å². The van der Waals surface area contributed by atoms with Crippen LogP contribution in [0.1, 0.15) is 31.4 Å². The number of thiophene rings is 1. The zero-order chi connectivity index (χ0) is 20.4. The van der Waals surface area contributed by atoms with Crippen molar-refractivity contribution in [2.45, 2.75) is 26.5 Å². The van der Waals surface area contributed by atoms with E-state index in [1.54, 1.807) is 17.5 Å². The highest BCUT2D eigenvalue weighted by molar-refractivity contribution is 7.11. The van der Waals surface area contributed by atoms with Crippen molar-refractivity contribution in [2.75, 3.05) is 13.2 Å². The third kappa shape index (κ3) is 4.05. The van der Waals surface area contributed by atoms with Crippen molar-refractivity contribution in [3.63, 3.8) is 0 Å². The number of carbonyl (C=O) groups excluding carboxylic acids is 2. The lowest BCUT2D eigenvalue weighted by atomic mass is 10.1. The number of ketones is 1. The maximum absolute atomic E-state index is 12.6. The van der Waals surface area contributed by atoms with Gasteiger partial charge in [0.25, 0.3) is 0 Å². The molecule has 7 heteroatoms. The lowest BCUT2D eigenvalue weighted by Gasteiger charge is -2.27. The van der Waals surface area contributed by atoms with Gasteiger partial charge in [-0.05, 0) is 43.5 Å². The molecule has 0 fully saturated rings. The summed E-state index contributed by atoms with van der Waals surface area (Å²) < 4.78 is 19.0. The topological polar surface area (TPSA) is 66.8 Å². The van der Waals surface area contributed by atoms with Gasteiger partial charge in [-0.15, -0.1) is 11.3 Å². The zero-order valence-electron chi connectivity index (χ0n) is 16.2. The second-order valence-electron chi connectivity index (χ2n) is 6.87. The van der Waals surface area contributed by atoms with E-state index in [9.17, 15) is 9.59 Å². The molecule has 0 aliphatic carbocycles. The molecule has 2 aromatic heterocycles. The van der Waals surface area contributed by atoms with Crippen molar-refractivity contribution in [1.29, 1.82) is 0 Å². The Morgan fingerprint density at radius 2 is 1.97 bits per heavy atom. The van der Waals surface area contributed by atoms with Gasteiger partial charge in [0, 0.05) is 17.0 Å². The number of esters is 1. The van der Waals surface area contributed by atoms with Crippen LogP contribution in [-0.4, -0.2) is 35.6 Å². The summed E-state index contributed by atoms with van der Waals surface area (Å²) in [4.78, 5) is 25.1. The minimum atomic E-state index is -0.478. The Morgan fingerprint density at radius 1 is 1.17 bits per heavy atom. The standard InChI is InChI=1S/C22H21NO5S/c1-14-10-17(18(24)13-27-22(25)21-8-5-9-29-21)15(2)23(14)11-16-12-26-19-6-3-4-7-20(19)28-16/h3-10,16H,11-13H2,1-2H3. The van der Waals surface area contributed by atoms with Gasteiger partial charge in [-0.1, -0.05) is 18.2 Å². The van der Waals surface area contributed by atoms with Gasteiger partial charge in [0.05, 0.1) is 6.54 Å². The molecule has 6 nitrogen and oxygen atoms in total. The van der Waals surface area contributed by atoms with E-state index in [1.165, 1.54) is 11.3 Å². The average molecular weight is 411 g/mol. The third-order valence-corrected chi connectivity index (χ3v) is 5.73. The predicted molar refractivity (Wildman–Crippen MR) is 109 cm³/mol. The molecule has 1 aliphatic rings. The van der Waals surface area contributed by atoms with Crippen LogP contribution < -0.4 is 9.47 Å². The van der Waals surface area contributed by atoms with E-state index in [4.69, 9.17) is 14.2 Å². The van der Waals surface area contributed by atoms with E-state index in [-0.39, 0.29) is 18.5 Å². The molecule has 0 amide bonds. The van der Waals surface area contributed by atoms with E-state index < -0.39 is 5.97 Å². The fourth-order valence-electron chi connectivity index (χ4n) is 3.40. The Morgan fingerprint density at radius 3 is 2.72 bits per heavy atom. The van der Waals surface area contributed by atoms with E-state index in [0.29, 0.717) is 23.6 Å². The SMILES string of the molecule is Cc1cc(C(=O)COC(=O)c2cccs2)c(C)n1CC1COc2ccccc2O1. The van der Waals surface area contributed by atoms with Gasteiger partial charge >= 0.3 is 5.97 Å². The monoisotopic (exact) mass is 411 g/mol. The summed E-state index contributed by atoms with van der Waals surface area (Å²) in [6, 6.07) is 12.9. The Labute approximate surface area is 172 Å². The number of ether oxygens (including phenoxy) is 3. The molecule has 29 heavy (non-hydrogen) atoms. The number of Topliss-reactive ketones (excluding diaryl/α,β-unsaturated/α-hetero) is 1. The average Bonchev–Trinajstić information content (AvgIpc) is 3.36. The molecule has 0 spiro atoms. The summed E-state index contributed by atoms with van der Waals surface area (Å²) in [5.74, 6) is 0.769. The third-order valence-electron chi connectivity index (χ3n) is 4.88. The molecule has 150 valence electrons. The Kier molecular flexibility index (Phi) is 5.40. The maximum atomic E-state index is 12.6. The Hall–Kier alpha value is -3.06. The summed E-state index contributed by atoms with van der Waals surface area (Å²) >= 11 is 1.29. The minimum Gasteiger partial charge on any atom is -0.486 e. The molecule has 1 unspecified atom stereocenters. The molecule has 1 aromatic carbocycles. The second kappa shape index (κ2) is 8.13. The first-order valence-electron chi connectivity index (χ1n) is 9.32. The van der Waals surface area contributed by atoms with Gasteiger partial charge in [0.1, 0.15) is 11.5 Å². The summed E-state index contributed by atoms with van der Waals surface area (Å²) in [5.41, 5.74) is 2.32. The van der Waals surface area contributed by atoms with Crippen molar-refractivity contribution < 1.29 is 23.8 Å². The molecule has 3 aromatic rings. The number of hydrogen-bond acceptors (Lipinski definition) is 6. The van der Waals surface area contributed by atoms with Crippen LogP contribution in [0, 0.1) is 13.8 Å². The lowest BCUT2D eigenvalue weighted by molar-refractivity contribution is 0.0479. The van der Waals surface area contributed by atoms with Crippen molar-refractivity contribution in [2.24, 2.45) is 0 Å². The first-order chi connectivity index (χ1) is 14.0. The highest BCUT2D eigenvalue weighted by Gasteiger charge is 2.24. The van der Waals surface area contributed by atoms with Crippen LogP contribution >= 0.6 is 11.3 Å². The normalized spacial score (nSPS) is 15.2. The van der Waals surface area contributed by atoms with Crippen LogP contribution in [0.3, 0.4) is 0 Å². The van der Waals surface area contributed by atoms with E-state index in [1.807, 2.05) is 48.7 Å². The number of rotatable bonds is 6. The maximum Gasteiger partial charge on any atom is 0.348 e. The predicted octanol–water partition coefficient (Wildman–Crippen LogP) is 4.05. The van der Waals surface area contributed by atoms with Gasteiger partial charge in [0.2, 0.25) is 5.78 Å². The van der Waals surface area contributed by atoms with Gasteiger partial charge in [0.15, 0.2) is 24.2 Å². The molecule has 3 heterocycles. The largest absolute Gasteiger partial charge is 0.486 e. The number of aromatic nitrogens is 1. The molecule has 1 aliphatic heterocycles. The fourth-order valence-corrected chi connectivity index (χ4v) is 4.01. The van der Waals surface area contributed by atoms with Crippen LogP contribution in [0.5, 0.6) is 11.5 Å². The number of nitrogens with zero attached hydrogens (tertiary/aromatic N) is 1. The smallest absolute Gasteiger partial charge is 0.348 e. The quantitative estimate of drug-likeness (QED) is 0.452.